The molecule has 2 nitrogen and oxygen atoms in total. The van der Waals surface area contributed by atoms with Crippen LogP contribution in [0.3, 0.4) is 0 Å². The van der Waals surface area contributed by atoms with Crippen molar-refractivity contribution in [2.75, 3.05) is 6.61 Å². The fraction of sp³-hybridized carbons (Fsp3) is 0.500. The van der Waals surface area contributed by atoms with Gasteiger partial charge in [-0.05, 0) is 62.9 Å². The average Bonchev–Trinajstić information content (AvgIpc) is 2.20. The molecule has 0 aliphatic carbocycles. The Bertz CT molecular complexity index is 357. The summed E-state index contributed by atoms with van der Waals surface area (Å²) in [6, 6.07) is 4.10. The van der Waals surface area contributed by atoms with E-state index in [1.165, 1.54) is 16.7 Å². The Kier molecular flexibility index (Phi) is 4.53. The Balaban J connectivity index is 2.52. The van der Waals surface area contributed by atoms with Crippen molar-refractivity contribution in [3.8, 4) is 5.75 Å². The number of rotatable bonds is 5. The molecule has 0 atom stereocenters. The molecule has 0 saturated carbocycles. The van der Waals surface area contributed by atoms with Crippen LogP contribution in [0.25, 0.3) is 0 Å². The van der Waals surface area contributed by atoms with Crippen LogP contribution >= 0.6 is 0 Å². The fourth-order valence-corrected chi connectivity index (χ4v) is 1.59. The Morgan fingerprint density at radius 2 is 1.75 bits per heavy atom. The molecule has 1 aromatic rings. The number of carbonyl (C=O) groups excluding carboxylic acids is 1. The highest BCUT2D eigenvalue weighted by molar-refractivity contribution is 5.75. The van der Waals surface area contributed by atoms with Crippen molar-refractivity contribution in [1.82, 2.24) is 0 Å². The van der Waals surface area contributed by atoms with Crippen molar-refractivity contribution in [3.05, 3.63) is 28.8 Å². The number of ketones is 1. The summed E-state index contributed by atoms with van der Waals surface area (Å²) in [6.07, 6.45) is 1.39. The number of hydrogen-bond acceptors (Lipinski definition) is 2. The van der Waals surface area contributed by atoms with Gasteiger partial charge in [0.05, 0.1) is 6.61 Å². The molecule has 0 N–H and O–H groups in total. The second kappa shape index (κ2) is 5.69. The van der Waals surface area contributed by atoms with Crippen LogP contribution in [-0.4, -0.2) is 12.4 Å². The van der Waals surface area contributed by atoms with Gasteiger partial charge in [-0.1, -0.05) is 0 Å². The zero-order chi connectivity index (χ0) is 12.1. The Labute approximate surface area is 97.6 Å². The van der Waals surface area contributed by atoms with Crippen LogP contribution < -0.4 is 4.74 Å². The minimum Gasteiger partial charge on any atom is -0.494 e. The summed E-state index contributed by atoms with van der Waals surface area (Å²) < 4.78 is 5.62. The number of carbonyl (C=O) groups is 1. The van der Waals surface area contributed by atoms with Crippen LogP contribution in [0.1, 0.15) is 36.5 Å². The Hall–Kier alpha value is -1.31. The van der Waals surface area contributed by atoms with Crippen LogP contribution in [0.4, 0.5) is 0 Å². The van der Waals surface area contributed by atoms with Gasteiger partial charge in [0, 0.05) is 6.42 Å². The minimum absolute atomic E-state index is 0.222. The molecule has 1 aromatic carbocycles. The minimum atomic E-state index is 0.222. The summed E-state index contributed by atoms with van der Waals surface area (Å²) in [4.78, 5) is 10.8. The molecule has 0 fully saturated rings. The van der Waals surface area contributed by atoms with Crippen LogP contribution in [0, 0.1) is 20.8 Å². The van der Waals surface area contributed by atoms with Gasteiger partial charge in [-0.3, -0.25) is 0 Å². The van der Waals surface area contributed by atoms with Crippen molar-refractivity contribution < 1.29 is 9.53 Å². The molecule has 0 unspecified atom stereocenters. The first-order valence-corrected chi connectivity index (χ1v) is 5.71. The Morgan fingerprint density at radius 3 is 2.25 bits per heavy atom. The second-order valence-electron chi connectivity index (χ2n) is 4.34. The number of benzene rings is 1. The number of hydrogen-bond donors (Lipinski definition) is 0. The van der Waals surface area contributed by atoms with Crippen LogP contribution in [-0.2, 0) is 4.79 Å². The van der Waals surface area contributed by atoms with Gasteiger partial charge in [-0.2, -0.15) is 0 Å². The van der Waals surface area contributed by atoms with Crippen molar-refractivity contribution in [3.63, 3.8) is 0 Å². The predicted molar refractivity (Wildman–Crippen MR) is 66.1 cm³/mol. The maximum atomic E-state index is 10.8. The lowest BCUT2D eigenvalue weighted by molar-refractivity contribution is -0.117. The van der Waals surface area contributed by atoms with E-state index in [2.05, 4.69) is 32.9 Å². The largest absolute Gasteiger partial charge is 0.494 e. The van der Waals surface area contributed by atoms with Gasteiger partial charge in [-0.25, -0.2) is 0 Å². The van der Waals surface area contributed by atoms with E-state index in [9.17, 15) is 4.79 Å². The van der Waals surface area contributed by atoms with Gasteiger partial charge in [0.2, 0.25) is 0 Å². The number of ether oxygens (including phenoxy) is 1. The highest BCUT2D eigenvalue weighted by atomic mass is 16.5. The quantitative estimate of drug-likeness (QED) is 0.711. The maximum Gasteiger partial charge on any atom is 0.129 e. The molecule has 0 heterocycles. The molecule has 0 amide bonds. The van der Waals surface area contributed by atoms with Crippen LogP contribution in [0.2, 0.25) is 0 Å². The first kappa shape index (κ1) is 12.8. The summed E-state index contributed by atoms with van der Waals surface area (Å²) >= 11 is 0. The first-order valence-electron chi connectivity index (χ1n) is 5.71. The Morgan fingerprint density at radius 1 is 1.19 bits per heavy atom. The van der Waals surface area contributed by atoms with Gasteiger partial charge >= 0.3 is 0 Å². The standard InChI is InChI=1S/C14H20O2/c1-10-8-14(9-11(2)13(10)4)16-7-5-6-12(3)15/h8-9H,5-7H2,1-4H3. The highest BCUT2D eigenvalue weighted by Crippen LogP contribution is 2.21. The van der Waals surface area contributed by atoms with Gasteiger partial charge in [0.15, 0.2) is 0 Å². The summed E-state index contributed by atoms with van der Waals surface area (Å²) in [7, 11) is 0. The van der Waals surface area contributed by atoms with E-state index in [1.807, 2.05) is 0 Å². The first-order chi connectivity index (χ1) is 7.50. The van der Waals surface area contributed by atoms with Gasteiger partial charge in [-0.15, -0.1) is 0 Å². The van der Waals surface area contributed by atoms with E-state index in [0.717, 1.165) is 12.2 Å². The topological polar surface area (TPSA) is 26.3 Å². The third-order valence-electron chi connectivity index (χ3n) is 2.84. The SMILES string of the molecule is CC(=O)CCCOc1cc(C)c(C)c(C)c1. The summed E-state index contributed by atoms with van der Waals surface area (Å²) in [6.45, 7) is 8.52. The molecule has 1 rings (SSSR count). The van der Waals surface area contributed by atoms with E-state index >= 15 is 0 Å². The van der Waals surface area contributed by atoms with E-state index in [4.69, 9.17) is 4.74 Å². The molecule has 0 radical (unpaired) electrons. The lowest BCUT2D eigenvalue weighted by Crippen LogP contribution is -2.01. The lowest BCUT2D eigenvalue weighted by Gasteiger charge is -2.10. The molecule has 0 aliphatic rings. The molecule has 0 aliphatic heterocycles. The van der Waals surface area contributed by atoms with Crippen LogP contribution in [0.15, 0.2) is 12.1 Å². The number of aryl methyl sites for hydroxylation is 2. The van der Waals surface area contributed by atoms with E-state index in [-0.39, 0.29) is 5.78 Å². The molecule has 0 spiro atoms. The molecular weight excluding hydrogens is 200 g/mol. The molecule has 16 heavy (non-hydrogen) atoms. The molecule has 0 aromatic heterocycles. The average molecular weight is 220 g/mol. The van der Waals surface area contributed by atoms with Gasteiger partial charge in [0.1, 0.15) is 11.5 Å². The van der Waals surface area contributed by atoms with E-state index in [1.54, 1.807) is 6.92 Å². The molecule has 0 saturated heterocycles. The summed E-state index contributed by atoms with van der Waals surface area (Å²) in [5.74, 6) is 1.13. The zero-order valence-electron chi connectivity index (χ0n) is 10.6. The molecule has 2 heteroatoms. The zero-order valence-corrected chi connectivity index (χ0v) is 10.6. The fourth-order valence-electron chi connectivity index (χ4n) is 1.59. The third-order valence-corrected chi connectivity index (χ3v) is 2.84. The second-order valence-corrected chi connectivity index (χ2v) is 4.34. The monoisotopic (exact) mass is 220 g/mol. The van der Waals surface area contributed by atoms with Gasteiger partial charge in [0.25, 0.3) is 0 Å². The summed E-state index contributed by atoms with van der Waals surface area (Å²) in [5.41, 5.74) is 3.82. The molecular formula is C14H20O2. The van der Waals surface area contributed by atoms with Crippen molar-refractivity contribution in [2.45, 2.75) is 40.5 Å². The van der Waals surface area contributed by atoms with Crippen molar-refractivity contribution in [2.24, 2.45) is 0 Å². The van der Waals surface area contributed by atoms with E-state index in [0.29, 0.717) is 13.0 Å². The smallest absolute Gasteiger partial charge is 0.129 e. The maximum absolute atomic E-state index is 10.8. The number of Topliss-reactive ketones (excluding diaryl/α,β-unsaturated/α-hetero) is 1. The van der Waals surface area contributed by atoms with E-state index < -0.39 is 0 Å². The third kappa shape index (κ3) is 3.69. The summed E-state index contributed by atoms with van der Waals surface area (Å²) in [5, 5.41) is 0. The van der Waals surface area contributed by atoms with Crippen molar-refractivity contribution in [1.29, 1.82) is 0 Å². The molecule has 0 bridgehead atoms. The predicted octanol–water partition coefficient (Wildman–Crippen LogP) is 3.36. The lowest BCUT2D eigenvalue weighted by atomic mass is 10.0. The molecule has 88 valence electrons. The van der Waals surface area contributed by atoms with Crippen molar-refractivity contribution >= 4 is 5.78 Å². The van der Waals surface area contributed by atoms with Crippen LogP contribution in [0.5, 0.6) is 5.75 Å². The van der Waals surface area contributed by atoms with Gasteiger partial charge < -0.3 is 9.53 Å². The highest BCUT2D eigenvalue weighted by Gasteiger charge is 2.02. The normalized spacial score (nSPS) is 10.2.